The molecule has 1 atom stereocenters. The van der Waals surface area contributed by atoms with E-state index in [0.29, 0.717) is 40.2 Å². The fraction of sp³-hybridized carbons (Fsp3) is 0.375. The highest BCUT2D eigenvalue weighted by Gasteiger charge is 2.25. The number of anilines is 3. The number of aromatic nitrogens is 2. The Morgan fingerprint density at radius 3 is 2.87 bits per heavy atom. The van der Waals surface area contributed by atoms with Gasteiger partial charge in [0.1, 0.15) is 11.6 Å². The maximum atomic E-state index is 14.6. The van der Waals surface area contributed by atoms with Crippen molar-refractivity contribution in [3.63, 3.8) is 0 Å². The van der Waals surface area contributed by atoms with E-state index in [1.165, 1.54) is 0 Å². The molecule has 0 radical (unpaired) electrons. The van der Waals surface area contributed by atoms with E-state index >= 15 is 0 Å². The van der Waals surface area contributed by atoms with Crippen molar-refractivity contribution in [2.45, 2.75) is 26.2 Å². The van der Waals surface area contributed by atoms with Gasteiger partial charge in [0.05, 0.1) is 16.8 Å². The van der Waals surface area contributed by atoms with E-state index in [1.807, 2.05) is 13.0 Å². The van der Waals surface area contributed by atoms with Crippen LogP contribution in [0.4, 0.5) is 21.8 Å². The summed E-state index contributed by atoms with van der Waals surface area (Å²) in [5.74, 6) is 1.52. The van der Waals surface area contributed by atoms with Gasteiger partial charge in [-0.2, -0.15) is 4.98 Å². The number of ether oxygens (including phenoxy) is 1. The van der Waals surface area contributed by atoms with E-state index in [4.69, 9.17) is 4.74 Å². The molecule has 3 rings (SSSR count). The van der Waals surface area contributed by atoms with Gasteiger partial charge in [-0.15, -0.1) is 0 Å². The summed E-state index contributed by atoms with van der Waals surface area (Å²) in [5, 5.41) is 5.94. The molecule has 0 aliphatic carbocycles. The third-order valence-electron chi connectivity index (χ3n) is 3.88. The first-order valence-electron chi connectivity index (χ1n) is 7.44. The Kier molecular flexibility index (Phi) is 4.39. The van der Waals surface area contributed by atoms with Gasteiger partial charge in [0, 0.05) is 24.4 Å². The second-order valence-electron chi connectivity index (χ2n) is 5.60. The molecule has 0 bridgehead atoms. The van der Waals surface area contributed by atoms with Gasteiger partial charge in [0.2, 0.25) is 5.95 Å². The van der Waals surface area contributed by atoms with Crippen LogP contribution in [0, 0.1) is 12.7 Å². The molecule has 2 aromatic rings. The summed E-state index contributed by atoms with van der Waals surface area (Å²) in [5.41, 5.74) is 2.11. The number of aryl methyl sites for hydroxylation is 1. The Balaban J connectivity index is 2.02. The lowest BCUT2D eigenvalue weighted by Gasteiger charge is -2.25. The first-order valence-corrected chi connectivity index (χ1v) is 8.24. The Morgan fingerprint density at radius 2 is 2.13 bits per heavy atom. The van der Waals surface area contributed by atoms with Crippen molar-refractivity contribution in [3.8, 4) is 5.75 Å². The fourth-order valence-electron chi connectivity index (χ4n) is 2.60. The molecular weight excluding hydrogens is 363 g/mol. The van der Waals surface area contributed by atoms with E-state index in [9.17, 15) is 4.39 Å². The molecule has 7 heteroatoms. The van der Waals surface area contributed by atoms with Gasteiger partial charge in [0.25, 0.3) is 0 Å². The molecule has 0 saturated heterocycles. The van der Waals surface area contributed by atoms with Crippen molar-refractivity contribution in [1.82, 2.24) is 9.97 Å². The van der Waals surface area contributed by atoms with E-state index in [0.717, 1.165) is 17.7 Å². The minimum absolute atomic E-state index is 0.308. The van der Waals surface area contributed by atoms with Gasteiger partial charge in [-0.25, -0.2) is 9.37 Å². The number of rotatable bonds is 3. The zero-order valence-corrected chi connectivity index (χ0v) is 14.8. The standard InChI is InChI=1S/C16H18BrFN4O/c1-8-4-5-23-15-10(8)7-11(14(18)13(15)17)21-16-20-9(2)6-12(19-3)22-16/h6-8H,4-5H2,1-3H3,(H2,19,20,21,22). The minimum atomic E-state index is -0.408. The monoisotopic (exact) mass is 380 g/mol. The van der Waals surface area contributed by atoms with Gasteiger partial charge < -0.3 is 15.4 Å². The molecule has 0 amide bonds. The average molecular weight is 381 g/mol. The highest BCUT2D eigenvalue weighted by Crippen LogP contribution is 2.43. The number of nitrogens with zero attached hydrogens (tertiary/aromatic N) is 2. The van der Waals surface area contributed by atoms with Crippen molar-refractivity contribution in [2.24, 2.45) is 0 Å². The second kappa shape index (κ2) is 6.31. The van der Waals surface area contributed by atoms with E-state index in [1.54, 1.807) is 13.1 Å². The summed E-state index contributed by atoms with van der Waals surface area (Å²) >= 11 is 3.31. The molecule has 1 unspecified atom stereocenters. The number of benzene rings is 1. The van der Waals surface area contributed by atoms with Crippen LogP contribution in [0.15, 0.2) is 16.6 Å². The molecule has 1 aliphatic rings. The molecule has 1 aromatic heterocycles. The Hall–Kier alpha value is -1.89. The highest BCUT2D eigenvalue weighted by molar-refractivity contribution is 9.10. The van der Waals surface area contributed by atoms with Crippen LogP contribution in [0.25, 0.3) is 0 Å². The lowest BCUT2D eigenvalue weighted by molar-refractivity contribution is 0.268. The van der Waals surface area contributed by atoms with Crippen LogP contribution < -0.4 is 15.4 Å². The molecule has 0 spiro atoms. The van der Waals surface area contributed by atoms with Crippen LogP contribution in [-0.2, 0) is 0 Å². The van der Waals surface area contributed by atoms with Crippen LogP contribution in [0.1, 0.15) is 30.5 Å². The molecule has 23 heavy (non-hydrogen) atoms. The fourth-order valence-corrected chi connectivity index (χ4v) is 3.16. The van der Waals surface area contributed by atoms with Gasteiger partial charge in [0.15, 0.2) is 5.82 Å². The predicted octanol–water partition coefficient (Wildman–Crippen LogP) is 4.36. The zero-order chi connectivity index (χ0) is 16.6. The molecule has 0 fully saturated rings. The molecule has 5 nitrogen and oxygen atoms in total. The summed E-state index contributed by atoms with van der Waals surface area (Å²) < 4.78 is 20.6. The van der Waals surface area contributed by atoms with E-state index < -0.39 is 5.82 Å². The molecule has 122 valence electrons. The van der Waals surface area contributed by atoms with Crippen molar-refractivity contribution < 1.29 is 9.13 Å². The van der Waals surface area contributed by atoms with Crippen LogP contribution in [0.3, 0.4) is 0 Å². The predicted molar refractivity (Wildman–Crippen MR) is 92.2 cm³/mol. The first-order chi connectivity index (χ1) is 11.0. The van der Waals surface area contributed by atoms with Gasteiger partial charge in [-0.05, 0) is 41.3 Å². The third-order valence-corrected chi connectivity index (χ3v) is 4.58. The van der Waals surface area contributed by atoms with Crippen molar-refractivity contribution in [2.75, 3.05) is 24.3 Å². The maximum absolute atomic E-state index is 14.6. The number of hydrogen-bond donors (Lipinski definition) is 2. The zero-order valence-electron chi connectivity index (χ0n) is 13.2. The Labute approximate surface area is 142 Å². The smallest absolute Gasteiger partial charge is 0.229 e. The molecule has 1 aliphatic heterocycles. The minimum Gasteiger partial charge on any atom is -0.492 e. The maximum Gasteiger partial charge on any atom is 0.229 e. The number of nitrogens with one attached hydrogen (secondary N) is 2. The van der Waals surface area contributed by atoms with Gasteiger partial charge in [-0.1, -0.05) is 6.92 Å². The first kappa shape index (κ1) is 16.0. The molecule has 0 saturated carbocycles. The largest absolute Gasteiger partial charge is 0.492 e. The Morgan fingerprint density at radius 1 is 1.35 bits per heavy atom. The summed E-state index contributed by atoms with van der Waals surface area (Å²) in [6.45, 7) is 4.58. The van der Waals surface area contributed by atoms with Crippen LogP contribution >= 0.6 is 15.9 Å². The summed E-state index contributed by atoms with van der Waals surface area (Å²) in [6, 6.07) is 3.60. The Bertz CT molecular complexity index is 753. The average Bonchev–Trinajstić information content (AvgIpc) is 2.52. The highest BCUT2D eigenvalue weighted by atomic mass is 79.9. The number of hydrogen-bond acceptors (Lipinski definition) is 5. The molecular formula is C16H18BrFN4O. The molecule has 1 aromatic carbocycles. The number of fused-ring (bicyclic) bond motifs is 1. The van der Waals surface area contributed by atoms with E-state index in [-0.39, 0.29) is 0 Å². The lowest BCUT2D eigenvalue weighted by Crippen LogP contribution is -2.14. The summed E-state index contributed by atoms with van der Waals surface area (Å²) in [6.07, 6.45) is 0.912. The van der Waals surface area contributed by atoms with Crippen LogP contribution in [0.5, 0.6) is 5.75 Å². The topological polar surface area (TPSA) is 59.1 Å². The van der Waals surface area contributed by atoms with Crippen molar-refractivity contribution in [1.29, 1.82) is 0 Å². The summed E-state index contributed by atoms with van der Waals surface area (Å²) in [7, 11) is 1.78. The lowest BCUT2D eigenvalue weighted by atomic mass is 9.94. The normalized spacial score (nSPS) is 16.5. The van der Waals surface area contributed by atoms with Crippen LogP contribution in [-0.4, -0.2) is 23.6 Å². The summed E-state index contributed by atoms with van der Waals surface area (Å²) in [4.78, 5) is 8.61. The van der Waals surface area contributed by atoms with Gasteiger partial charge in [-0.3, -0.25) is 0 Å². The van der Waals surface area contributed by atoms with Crippen LogP contribution in [0.2, 0.25) is 0 Å². The van der Waals surface area contributed by atoms with E-state index in [2.05, 4.69) is 43.5 Å². The molecule has 2 N–H and O–H groups in total. The molecule has 2 heterocycles. The quantitative estimate of drug-likeness (QED) is 0.828. The van der Waals surface area contributed by atoms with Crippen molar-refractivity contribution >= 4 is 33.4 Å². The van der Waals surface area contributed by atoms with Gasteiger partial charge >= 0.3 is 0 Å². The number of halogens is 2. The third kappa shape index (κ3) is 3.10. The second-order valence-corrected chi connectivity index (χ2v) is 6.39. The SMILES string of the molecule is CNc1cc(C)nc(Nc2cc3c(c(Br)c2F)OCCC3C)n1. The van der Waals surface area contributed by atoms with Crippen molar-refractivity contribution in [3.05, 3.63) is 33.7 Å².